The number of nitrogens with zero attached hydrogens (tertiary/aromatic N) is 1. The van der Waals surface area contributed by atoms with Gasteiger partial charge in [-0.25, -0.2) is 0 Å². The highest BCUT2D eigenvalue weighted by atomic mass is 16.5. The van der Waals surface area contributed by atoms with E-state index in [-0.39, 0.29) is 0 Å². The third kappa shape index (κ3) is 7.94. The molecule has 1 aliphatic heterocycles. The molecule has 0 aliphatic carbocycles. The Morgan fingerprint density at radius 2 is 1.93 bits per heavy atom. The number of hydrogen-bond donors (Lipinski definition) is 2. The molecule has 1 fully saturated rings. The maximum absolute atomic E-state index is 5.89. The average Bonchev–Trinajstić information content (AvgIpc) is 2.74. The molecule has 0 aromatic heterocycles. The smallest absolute Gasteiger partial charge is 0.191 e. The minimum atomic E-state index is 0.352. The van der Waals surface area contributed by atoms with Crippen molar-refractivity contribution in [2.24, 2.45) is 4.99 Å². The molecular weight excluding hydrogens is 358 g/mol. The Balaban J connectivity index is 1.70. The largest absolute Gasteiger partial charge is 0.493 e. The van der Waals surface area contributed by atoms with Crippen LogP contribution in [0.4, 0.5) is 0 Å². The summed E-state index contributed by atoms with van der Waals surface area (Å²) in [6.07, 6.45) is 4.15. The molecule has 158 valence electrons. The van der Waals surface area contributed by atoms with E-state index in [1.807, 2.05) is 12.1 Å². The summed E-state index contributed by atoms with van der Waals surface area (Å²) in [6, 6.07) is 6.00. The minimum absolute atomic E-state index is 0.352. The maximum atomic E-state index is 5.89. The highest BCUT2D eigenvalue weighted by Crippen LogP contribution is 2.27. The van der Waals surface area contributed by atoms with Gasteiger partial charge in [-0.1, -0.05) is 6.07 Å². The van der Waals surface area contributed by atoms with E-state index in [9.17, 15) is 0 Å². The second kappa shape index (κ2) is 13.2. The normalized spacial score (nSPS) is 15.3. The van der Waals surface area contributed by atoms with Crippen molar-refractivity contribution in [3.8, 4) is 11.5 Å². The van der Waals surface area contributed by atoms with E-state index >= 15 is 0 Å². The zero-order valence-electron chi connectivity index (χ0n) is 17.5. The Bertz CT molecular complexity index is 589. The number of hydrogen-bond acceptors (Lipinski definition) is 5. The first-order valence-corrected chi connectivity index (χ1v) is 10.2. The molecule has 0 spiro atoms. The molecule has 2 N–H and O–H groups in total. The molecule has 0 amide bonds. The van der Waals surface area contributed by atoms with E-state index < -0.39 is 0 Å². The van der Waals surface area contributed by atoms with Crippen molar-refractivity contribution in [1.29, 1.82) is 0 Å². The fourth-order valence-electron chi connectivity index (χ4n) is 3.05. The lowest BCUT2D eigenvalue weighted by Gasteiger charge is -2.22. The zero-order chi connectivity index (χ0) is 20.0. The summed E-state index contributed by atoms with van der Waals surface area (Å²) < 4.78 is 21.9. The molecule has 0 bridgehead atoms. The van der Waals surface area contributed by atoms with E-state index in [4.69, 9.17) is 18.9 Å². The van der Waals surface area contributed by atoms with Crippen LogP contribution in [-0.4, -0.2) is 65.7 Å². The second-order valence-corrected chi connectivity index (χ2v) is 6.66. The quantitative estimate of drug-likeness (QED) is 0.342. The van der Waals surface area contributed by atoms with Gasteiger partial charge in [-0.3, -0.25) is 4.99 Å². The van der Waals surface area contributed by atoms with Crippen LogP contribution in [0.2, 0.25) is 0 Å². The Kier molecular flexibility index (Phi) is 10.5. The van der Waals surface area contributed by atoms with Crippen LogP contribution < -0.4 is 20.1 Å². The molecule has 7 nitrogen and oxygen atoms in total. The molecule has 1 aliphatic rings. The first-order valence-electron chi connectivity index (χ1n) is 10.2. The summed E-state index contributed by atoms with van der Waals surface area (Å²) in [4.78, 5) is 4.63. The third-order valence-corrected chi connectivity index (χ3v) is 4.59. The molecule has 0 unspecified atom stereocenters. The van der Waals surface area contributed by atoms with E-state index in [0.29, 0.717) is 6.10 Å². The van der Waals surface area contributed by atoms with Gasteiger partial charge < -0.3 is 29.6 Å². The van der Waals surface area contributed by atoms with Gasteiger partial charge in [-0.05, 0) is 50.3 Å². The Morgan fingerprint density at radius 3 is 2.64 bits per heavy atom. The molecule has 0 radical (unpaired) electrons. The van der Waals surface area contributed by atoms with Crippen molar-refractivity contribution in [3.63, 3.8) is 0 Å². The van der Waals surface area contributed by atoms with E-state index in [1.165, 1.54) is 5.56 Å². The molecule has 7 heteroatoms. The summed E-state index contributed by atoms with van der Waals surface area (Å²) in [5.41, 5.74) is 1.19. The van der Waals surface area contributed by atoms with Crippen LogP contribution in [0.15, 0.2) is 23.2 Å². The Labute approximate surface area is 168 Å². The summed E-state index contributed by atoms with van der Waals surface area (Å²) in [5, 5.41) is 6.67. The van der Waals surface area contributed by atoms with Crippen LogP contribution in [0.3, 0.4) is 0 Å². The van der Waals surface area contributed by atoms with Gasteiger partial charge in [0.05, 0.1) is 20.3 Å². The van der Waals surface area contributed by atoms with E-state index in [0.717, 1.165) is 82.6 Å². The predicted molar refractivity (Wildman–Crippen MR) is 112 cm³/mol. The van der Waals surface area contributed by atoms with Gasteiger partial charge in [0.15, 0.2) is 17.5 Å². The first kappa shape index (κ1) is 22.3. The van der Waals surface area contributed by atoms with Crippen LogP contribution in [0.1, 0.15) is 31.7 Å². The van der Waals surface area contributed by atoms with Gasteiger partial charge in [-0.15, -0.1) is 0 Å². The topological polar surface area (TPSA) is 73.3 Å². The molecule has 28 heavy (non-hydrogen) atoms. The fraction of sp³-hybridized carbons (Fsp3) is 0.667. The Hall–Kier alpha value is -1.99. The van der Waals surface area contributed by atoms with Crippen LogP contribution in [0, 0.1) is 0 Å². The number of aliphatic imine (C=N–C) groups is 1. The number of guanidine groups is 1. The molecule has 2 rings (SSSR count). The lowest BCUT2D eigenvalue weighted by Crippen LogP contribution is -2.38. The highest BCUT2D eigenvalue weighted by molar-refractivity contribution is 5.79. The minimum Gasteiger partial charge on any atom is -0.493 e. The summed E-state index contributed by atoms with van der Waals surface area (Å²) in [6.45, 7) is 6.82. The van der Waals surface area contributed by atoms with Gasteiger partial charge >= 0.3 is 0 Å². The van der Waals surface area contributed by atoms with Crippen LogP contribution in [-0.2, 0) is 15.9 Å². The standard InChI is InChI=1S/C21H35N3O4/c1-4-22-21(23-11-5-13-28-18-9-14-27-15-10-18)24-12-8-17-6-7-19(25-2)20(16-17)26-3/h6-7,16,18H,4-5,8-15H2,1-3H3,(H2,22,23,24). The summed E-state index contributed by atoms with van der Waals surface area (Å²) >= 11 is 0. The molecule has 1 heterocycles. The molecule has 0 saturated carbocycles. The molecular formula is C21H35N3O4. The second-order valence-electron chi connectivity index (χ2n) is 6.66. The molecule has 1 saturated heterocycles. The Morgan fingerprint density at radius 1 is 1.14 bits per heavy atom. The van der Waals surface area contributed by atoms with Crippen molar-refractivity contribution in [2.45, 2.75) is 38.7 Å². The van der Waals surface area contributed by atoms with Crippen molar-refractivity contribution in [1.82, 2.24) is 10.6 Å². The van der Waals surface area contributed by atoms with Crippen molar-refractivity contribution in [2.75, 3.05) is 53.7 Å². The van der Waals surface area contributed by atoms with Gasteiger partial charge in [0, 0.05) is 39.5 Å². The molecule has 1 aromatic rings. The average molecular weight is 394 g/mol. The fourth-order valence-corrected chi connectivity index (χ4v) is 3.05. The molecule has 0 atom stereocenters. The first-order chi connectivity index (χ1) is 13.8. The van der Waals surface area contributed by atoms with E-state index in [2.05, 4.69) is 28.6 Å². The highest BCUT2D eigenvalue weighted by Gasteiger charge is 2.13. The van der Waals surface area contributed by atoms with Crippen molar-refractivity contribution < 1.29 is 18.9 Å². The number of rotatable bonds is 11. The molecule has 1 aromatic carbocycles. The van der Waals surface area contributed by atoms with Crippen molar-refractivity contribution >= 4 is 5.96 Å². The number of methoxy groups -OCH3 is 2. The van der Waals surface area contributed by atoms with Gasteiger partial charge in [0.1, 0.15) is 0 Å². The van der Waals surface area contributed by atoms with E-state index in [1.54, 1.807) is 14.2 Å². The summed E-state index contributed by atoms with van der Waals surface area (Å²) in [5.74, 6) is 2.34. The lowest BCUT2D eigenvalue weighted by molar-refractivity contribution is -0.0318. The third-order valence-electron chi connectivity index (χ3n) is 4.59. The number of nitrogens with one attached hydrogen (secondary N) is 2. The van der Waals surface area contributed by atoms with Crippen LogP contribution in [0.5, 0.6) is 11.5 Å². The SMILES string of the molecule is CCNC(=NCCCOC1CCOCC1)NCCc1ccc(OC)c(OC)c1. The number of benzene rings is 1. The van der Waals surface area contributed by atoms with Crippen LogP contribution >= 0.6 is 0 Å². The van der Waals surface area contributed by atoms with Crippen molar-refractivity contribution in [3.05, 3.63) is 23.8 Å². The maximum Gasteiger partial charge on any atom is 0.191 e. The van der Waals surface area contributed by atoms with Crippen LogP contribution in [0.25, 0.3) is 0 Å². The van der Waals surface area contributed by atoms with Gasteiger partial charge in [0.25, 0.3) is 0 Å². The lowest BCUT2D eigenvalue weighted by atomic mass is 10.1. The van der Waals surface area contributed by atoms with Gasteiger partial charge in [0.2, 0.25) is 0 Å². The van der Waals surface area contributed by atoms with Gasteiger partial charge in [-0.2, -0.15) is 0 Å². The monoisotopic (exact) mass is 393 g/mol. The zero-order valence-corrected chi connectivity index (χ0v) is 17.5. The number of ether oxygens (including phenoxy) is 4. The predicted octanol–water partition coefficient (Wildman–Crippen LogP) is 2.39. The summed E-state index contributed by atoms with van der Waals surface area (Å²) in [7, 11) is 3.30.